The molecule has 0 spiro atoms. The molecule has 0 saturated carbocycles. The maximum Gasteiger partial charge on any atom is 0.279 e. The largest absolute Gasteiger partial charge is 0.493 e. The van der Waals surface area contributed by atoms with E-state index in [-0.39, 0.29) is 16.9 Å². The fraction of sp³-hybridized carbons (Fsp3) is 0.235. The molecule has 1 aromatic heterocycles. The van der Waals surface area contributed by atoms with Crippen molar-refractivity contribution in [2.24, 2.45) is 5.92 Å². The molecule has 25 heavy (non-hydrogen) atoms. The number of thiophene rings is 1. The van der Waals surface area contributed by atoms with E-state index < -0.39 is 0 Å². The van der Waals surface area contributed by atoms with Crippen LogP contribution in [-0.4, -0.2) is 23.5 Å². The second-order valence-electron chi connectivity index (χ2n) is 5.57. The zero-order chi connectivity index (χ0) is 18.2. The first kappa shape index (κ1) is 18.9. The summed E-state index contributed by atoms with van der Waals surface area (Å²) >= 11 is 6.30. The third kappa shape index (κ3) is 6.17. The Morgan fingerprint density at radius 3 is 2.44 bits per heavy atom. The zero-order valence-corrected chi connectivity index (χ0v) is 15.5. The second-order valence-corrected chi connectivity index (χ2v) is 6.92. The summed E-state index contributed by atoms with van der Waals surface area (Å²) in [5, 5.41) is 4.30. The van der Waals surface area contributed by atoms with Gasteiger partial charge in [0.1, 0.15) is 5.75 Å². The van der Waals surface area contributed by atoms with Crippen molar-refractivity contribution in [1.82, 2.24) is 16.2 Å². The smallest absolute Gasteiger partial charge is 0.279 e. The normalized spacial score (nSPS) is 10.2. The molecule has 0 saturated heterocycles. The number of ether oxygens (including phenoxy) is 1. The van der Waals surface area contributed by atoms with Gasteiger partial charge < -0.3 is 4.74 Å². The molecule has 0 aliphatic carbocycles. The van der Waals surface area contributed by atoms with Crippen LogP contribution in [0.15, 0.2) is 41.8 Å². The van der Waals surface area contributed by atoms with Crippen LogP contribution < -0.4 is 20.9 Å². The highest BCUT2D eigenvalue weighted by Crippen LogP contribution is 2.13. The van der Waals surface area contributed by atoms with Gasteiger partial charge in [-0.25, -0.2) is 0 Å². The van der Waals surface area contributed by atoms with E-state index in [0.29, 0.717) is 28.7 Å². The number of nitrogens with one attached hydrogen (secondary N) is 3. The number of benzene rings is 1. The average molecular weight is 377 g/mol. The summed E-state index contributed by atoms with van der Waals surface area (Å²) in [6, 6.07) is 10.2. The molecular weight excluding hydrogens is 358 g/mol. The number of hydrazine groups is 1. The molecule has 0 bridgehead atoms. The lowest BCUT2D eigenvalue weighted by Crippen LogP contribution is -2.48. The highest BCUT2D eigenvalue weighted by Gasteiger charge is 2.10. The molecule has 2 amide bonds. The molecule has 0 unspecified atom stereocenters. The molecule has 132 valence electrons. The van der Waals surface area contributed by atoms with E-state index in [9.17, 15) is 9.59 Å². The maximum absolute atomic E-state index is 12.1. The second kappa shape index (κ2) is 9.14. The molecule has 8 heteroatoms. The van der Waals surface area contributed by atoms with Crippen molar-refractivity contribution in [1.29, 1.82) is 0 Å². The standard InChI is InChI=1S/C17H19N3O3S2/c1-11(2)10-23-13-7-5-12(6-8-13)15(21)18-17(24)20-19-16(22)14-4-3-9-25-14/h3-9,11H,10H2,1-2H3,(H,19,22)(H2,18,20,21,24). The highest BCUT2D eigenvalue weighted by molar-refractivity contribution is 7.80. The van der Waals surface area contributed by atoms with E-state index in [1.54, 1.807) is 41.8 Å². The molecule has 0 fully saturated rings. The van der Waals surface area contributed by atoms with Crippen LogP contribution in [0.1, 0.15) is 33.9 Å². The van der Waals surface area contributed by atoms with Crippen molar-refractivity contribution >= 4 is 40.5 Å². The first-order valence-corrected chi connectivity index (χ1v) is 8.92. The summed E-state index contributed by atoms with van der Waals surface area (Å²) < 4.78 is 5.57. The van der Waals surface area contributed by atoms with E-state index in [2.05, 4.69) is 30.0 Å². The van der Waals surface area contributed by atoms with Gasteiger partial charge in [-0.15, -0.1) is 11.3 Å². The number of amides is 2. The van der Waals surface area contributed by atoms with Gasteiger partial charge in [-0.2, -0.15) is 0 Å². The van der Waals surface area contributed by atoms with E-state index >= 15 is 0 Å². The molecule has 0 radical (unpaired) electrons. The third-order valence-electron chi connectivity index (χ3n) is 2.96. The van der Waals surface area contributed by atoms with Gasteiger partial charge in [0.05, 0.1) is 11.5 Å². The van der Waals surface area contributed by atoms with Crippen molar-refractivity contribution in [2.45, 2.75) is 13.8 Å². The molecule has 6 nitrogen and oxygen atoms in total. The number of rotatable bonds is 5. The summed E-state index contributed by atoms with van der Waals surface area (Å²) in [6.45, 7) is 4.74. The number of carbonyl (C=O) groups is 2. The van der Waals surface area contributed by atoms with Gasteiger partial charge in [-0.3, -0.25) is 25.8 Å². The lowest BCUT2D eigenvalue weighted by atomic mass is 10.2. The number of hydrogen-bond donors (Lipinski definition) is 3. The van der Waals surface area contributed by atoms with Crippen LogP contribution in [0, 0.1) is 5.92 Å². The molecule has 1 aromatic carbocycles. The average Bonchev–Trinajstić information content (AvgIpc) is 3.13. The Hall–Kier alpha value is -2.45. The Bertz CT molecular complexity index is 728. The van der Waals surface area contributed by atoms with Crippen molar-refractivity contribution in [2.75, 3.05) is 6.61 Å². The van der Waals surface area contributed by atoms with Gasteiger partial charge in [0.2, 0.25) is 0 Å². The Morgan fingerprint density at radius 2 is 1.84 bits per heavy atom. The number of thiocarbonyl (C=S) groups is 1. The first-order chi connectivity index (χ1) is 12.0. The van der Waals surface area contributed by atoms with Crippen LogP contribution in [0.2, 0.25) is 0 Å². The summed E-state index contributed by atoms with van der Waals surface area (Å²) in [4.78, 5) is 24.4. The van der Waals surface area contributed by atoms with Crippen molar-refractivity contribution < 1.29 is 14.3 Å². The van der Waals surface area contributed by atoms with Crippen LogP contribution in [0.3, 0.4) is 0 Å². The molecule has 0 aliphatic rings. The first-order valence-electron chi connectivity index (χ1n) is 7.63. The van der Waals surface area contributed by atoms with Crippen molar-refractivity contribution in [3.8, 4) is 5.75 Å². The van der Waals surface area contributed by atoms with Crippen LogP contribution in [0.5, 0.6) is 5.75 Å². The molecule has 2 rings (SSSR count). The predicted octanol–water partition coefficient (Wildman–Crippen LogP) is 2.73. The minimum atomic E-state index is -0.377. The molecule has 0 atom stereocenters. The van der Waals surface area contributed by atoms with Gasteiger partial charge in [0.25, 0.3) is 11.8 Å². The molecule has 3 N–H and O–H groups in total. The van der Waals surface area contributed by atoms with Crippen LogP contribution in [0.25, 0.3) is 0 Å². The van der Waals surface area contributed by atoms with E-state index in [1.165, 1.54) is 11.3 Å². The van der Waals surface area contributed by atoms with Gasteiger partial charge in [-0.05, 0) is 53.8 Å². The fourth-order valence-corrected chi connectivity index (χ4v) is 2.52. The SMILES string of the molecule is CC(C)COc1ccc(C(=O)NC(=S)NNC(=O)c2cccs2)cc1. The van der Waals surface area contributed by atoms with E-state index in [4.69, 9.17) is 17.0 Å². The Labute approximate surface area is 155 Å². The van der Waals surface area contributed by atoms with E-state index in [0.717, 1.165) is 0 Å². The van der Waals surface area contributed by atoms with E-state index in [1.807, 2.05) is 0 Å². The number of hydrogen-bond acceptors (Lipinski definition) is 5. The lowest BCUT2D eigenvalue weighted by molar-refractivity contribution is 0.0938. The molecule has 0 aliphatic heterocycles. The van der Waals surface area contributed by atoms with Gasteiger partial charge >= 0.3 is 0 Å². The molecular formula is C17H19N3O3S2. The summed E-state index contributed by atoms with van der Waals surface area (Å²) in [5.41, 5.74) is 5.36. The van der Waals surface area contributed by atoms with Gasteiger partial charge in [0.15, 0.2) is 5.11 Å². The summed E-state index contributed by atoms with van der Waals surface area (Å²) in [7, 11) is 0. The monoisotopic (exact) mass is 377 g/mol. The highest BCUT2D eigenvalue weighted by atomic mass is 32.1. The van der Waals surface area contributed by atoms with Gasteiger partial charge in [-0.1, -0.05) is 19.9 Å². The third-order valence-corrected chi connectivity index (χ3v) is 4.03. The van der Waals surface area contributed by atoms with Crippen LogP contribution in [0.4, 0.5) is 0 Å². The predicted molar refractivity (Wildman–Crippen MR) is 102 cm³/mol. The number of carbonyl (C=O) groups excluding carboxylic acids is 2. The maximum atomic E-state index is 12.1. The quantitative estimate of drug-likeness (QED) is 0.552. The fourth-order valence-electron chi connectivity index (χ4n) is 1.75. The Balaban J connectivity index is 1.80. The molecule has 2 aromatic rings. The Morgan fingerprint density at radius 1 is 1.12 bits per heavy atom. The lowest BCUT2D eigenvalue weighted by Gasteiger charge is -2.11. The topological polar surface area (TPSA) is 79.5 Å². The summed E-state index contributed by atoms with van der Waals surface area (Å²) in [5.74, 6) is 0.432. The van der Waals surface area contributed by atoms with Crippen LogP contribution >= 0.6 is 23.6 Å². The molecule has 1 heterocycles. The zero-order valence-electron chi connectivity index (χ0n) is 13.9. The van der Waals surface area contributed by atoms with Crippen molar-refractivity contribution in [3.05, 3.63) is 52.2 Å². The minimum absolute atomic E-state index is 0.00930. The minimum Gasteiger partial charge on any atom is -0.493 e. The van der Waals surface area contributed by atoms with Crippen LogP contribution in [-0.2, 0) is 0 Å². The van der Waals surface area contributed by atoms with Crippen molar-refractivity contribution in [3.63, 3.8) is 0 Å². The Kier molecular flexibility index (Phi) is 6.91. The van der Waals surface area contributed by atoms with Gasteiger partial charge in [0, 0.05) is 5.56 Å². The summed E-state index contributed by atoms with van der Waals surface area (Å²) in [6.07, 6.45) is 0.